The fraction of sp³-hybridized carbons (Fsp3) is 0.643. The van der Waals surface area contributed by atoms with Crippen LogP contribution < -0.4 is 5.73 Å². The number of rotatable bonds is 7. The van der Waals surface area contributed by atoms with Crippen molar-refractivity contribution in [1.82, 2.24) is 9.21 Å². The van der Waals surface area contributed by atoms with Gasteiger partial charge in [0.15, 0.2) is 0 Å². The minimum absolute atomic E-state index is 0.0616. The Morgan fingerprint density at radius 3 is 2.78 bits per heavy atom. The summed E-state index contributed by atoms with van der Waals surface area (Å²) in [6.07, 6.45) is 1.39. The summed E-state index contributed by atoms with van der Waals surface area (Å²) in [5.41, 5.74) is 5.27. The number of nitrogens with two attached hydrogens (primary N) is 1. The van der Waals surface area contributed by atoms with Crippen LogP contribution in [0, 0.1) is 0 Å². The maximum atomic E-state index is 11.4. The van der Waals surface area contributed by atoms with E-state index in [0.29, 0.717) is 32.1 Å². The Morgan fingerprint density at radius 1 is 1.43 bits per heavy atom. The van der Waals surface area contributed by atoms with Gasteiger partial charge in [-0.05, 0) is 12.1 Å². The molecule has 2 rings (SSSR count). The molecule has 9 heteroatoms. The lowest BCUT2D eigenvalue weighted by Crippen LogP contribution is -2.46. The van der Waals surface area contributed by atoms with Gasteiger partial charge in [0.05, 0.1) is 32.6 Å². The predicted octanol–water partition coefficient (Wildman–Crippen LogP) is -0.253. The molecule has 1 aliphatic rings. The zero-order valence-corrected chi connectivity index (χ0v) is 14.2. The lowest BCUT2D eigenvalue weighted by atomic mass is 10.1. The largest absolute Gasteiger partial charge is 0.463 e. The maximum absolute atomic E-state index is 11.4. The summed E-state index contributed by atoms with van der Waals surface area (Å²) in [5, 5.41) is 0. The molecule has 0 bridgehead atoms. The minimum Gasteiger partial charge on any atom is -0.463 e. The number of morpholine rings is 1. The molecule has 1 unspecified atom stereocenters. The molecule has 0 radical (unpaired) electrons. The van der Waals surface area contributed by atoms with E-state index in [-0.39, 0.29) is 24.9 Å². The number of sulfonamides is 1. The predicted molar refractivity (Wildman–Crippen MR) is 83.8 cm³/mol. The molecule has 130 valence electrons. The lowest BCUT2D eigenvalue weighted by Gasteiger charge is -2.34. The summed E-state index contributed by atoms with van der Waals surface area (Å²) in [7, 11) is -1.74. The number of carbonyl (C=O) groups is 1. The number of ether oxygens (including phenoxy) is 1. The molecule has 1 aromatic heterocycles. The Labute approximate surface area is 136 Å². The van der Waals surface area contributed by atoms with Crippen molar-refractivity contribution in [3.05, 3.63) is 23.7 Å². The molecular weight excluding hydrogens is 322 g/mol. The fourth-order valence-corrected chi connectivity index (χ4v) is 2.81. The quantitative estimate of drug-likeness (QED) is 0.730. The van der Waals surface area contributed by atoms with E-state index in [9.17, 15) is 13.2 Å². The number of carbonyl (C=O) groups excluding carboxylic acids is 1. The summed E-state index contributed by atoms with van der Waals surface area (Å²) in [4.78, 5) is 13.2. The molecule has 1 atom stereocenters. The molecule has 1 saturated heterocycles. The first-order valence-corrected chi connectivity index (χ1v) is 9.19. The van der Waals surface area contributed by atoms with Crippen LogP contribution in [-0.4, -0.2) is 62.6 Å². The number of hydrogen-bond donors (Lipinski definition) is 1. The van der Waals surface area contributed by atoms with Gasteiger partial charge in [0, 0.05) is 26.1 Å². The van der Waals surface area contributed by atoms with Crippen molar-refractivity contribution < 1.29 is 22.4 Å². The highest BCUT2D eigenvalue weighted by Crippen LogP contribution is 2.18. The van der Waals surface area contributed by atoms with Crippen molar-refractivity contribution in [2.24, 2.45) is 5.73 Å². The number of amides is 1. The van der Waals surface area contributed by atoms with Gasteiger partial charge in [0.1, 0.15) is 11.5 Å². The zero-order chi connectivity index (χ0) is 17.0. The third-order valence-electron chi connectivity index (χ3n) is 3.81. The second-order valence-corrected chi connectivity index (χ2v) is 7.85. The molecule has 1 aromatic rings. The number of nitrogens with zero attached hydrogens (tertiary/aromatic N) is 2. The van der Waals surface area contributed by atoms with Crippen molar-refractivity contribution in [2.45, 2.75) is 25.6 Å². The third kappa shape index (κ3) is 5.31. The van der Waals surface area contributed by atoms with Crippen LogP contribution in [0.1, 0.15) is 17.9 Å². The number of furan rings is 1. The van der Waals surface area contributed by atoms with Crippen LogP contribution in [0.25, 0.3) is 0 Å². The van der Waals surface area contributed by atoms with Gasteiger partial charge in [-0.2, -0.15) is 4.31 Å². The molecular formula is C14H23N3O5S. The Balaban J connectivity index is 1.98. The standard InChI is InChI=1S/C14H23N3O5S/c1-16(23(2,19)20)8-12-3-4-13(22-12)9-17-5-6-21-10-11(17)7-14(15)18/h3-4,11H,5-10H2,1-2H3,(H2,15,18). The molecule has 0 spiro atoms. The van der Waals surface area contributed by atoms with Crippen LogP contribution in [0.2, 0.25) is 0 Å². The van der Waals surface area contributed by atoms with Crippen molar-refractivity contribution in [3.8, 4) is 0 Å². The van der Waals surface area contributed by atoms with E-state index in [0.717, 1.165) is 12.0 Å². The van der Waals surface area contributed by atoms with Gasteiger partial charge >= 0.3 is 0 Å². The molecule has 1 fully saturated rings. The SMILES string of the molecule is CN(Cc1ccc(CN2CCOCC2CC(N)=O)o1)S(C)(=O)=O. The van der Waals surface area contributed by atoms with Crippen molar-refractivity contribution in [1.29, 1.82) is 0 Å². The van der Waals surface area contributed by atoms with Crippen LogP contribution in [0.15, 0.2) is 16.5 Å². The van der Waals surface area contributed by atoms with E-state index in [1.165, 1.54) is 11.4 Å². The van der Waals surface area contributed by atoms with E-state index < -0.39 is 10.0 Å². The minimum atomic E-state index is -3.25. The zero-order valence-electron chi connectivity index (χ0n) is 13.4. The first-order valence-electron chi connectivity index (χ1n) is 7.34. The van der Waals surface area contributed by atoms with Crippen molar-refractivity contribution in [3.63, 3.8) is 0 Å². The average Bonchev–Trinajstić information content (AvgIpc) is 2.86. The summed E-state index contributed by atoms with van der Waals surface area (Å²) < 4.78 is 35.2. The van der Waals surface area contributed by atoms with E-state index in [2.05, 4.69) is 4.90 Å². The Bertz CT molecular complexity index is 643. The molecule has 23 heavy (non-hydrogen) atoms. The molecule has 1 aliphatic heterocycles. The van der Waals surface area contributed by atoms with Gasteiger partial charge in [-0.15, -0.1) is 0 Å². The Hall–Kier alpha value is -1.42. The molecule has 8 nitrogen and oxygen atoms in total. The Morgan fingerprint density at radius 2 is 2.13 bits per heavy atom. The van der Waals surface area contributed by atoms with Crippen molar-refractivity contribution in [2.75, 3.05) is 33.1 Å². The first-order chi connectivity index (χ1) is 10.8. The molecule has 0 aromatic carbocycles. The van der Waals surface area contributed by atoms with Crippen molar-refractivity contribution >= 4 is 15.9 Å². The molecule has 0 saturated carbocycles. The van der Waals surface area contributed by atoms with Gasteiger partial charge in [-0.25, -0.2) is 8.42 Å². The second kappa shape index (κ2) is 7.43. The van der Waals surface area contributed by atoms with E-state index in [1.807, 2.05) is 6.07 Å². The molecule has 1 amide bonds. The van der Waals surface area contributed by atoms with E-state index in [4.69, 9.17) is 14.9 Å². The van der Waals surface area contributed by atoms with E-state index in [1.54, 1.807) is 6.07 Å². The highest BCUT2D eigenvalue weighted by atomic mass is 32.2. The molecule has 2 N–H and O–H groups in total. The van der Waals surface area contributed by atoms with Crippen LogP contribution in [0.4, 0.5) is 0 Å². The van der Waals surface area contributed by atoms with E-state index >= 15 is 0 Å². The fourth-order valence-electron chi connectivity index (χ4n) is 2.45. The number of primary amides is 1. The smallest absolute Gasteiger partial charge is 0.219 e. The van der Waals surface area contributed by atoms with Crippen LogP contribution >= 0.6 is 0 Å². The topological polar surface area (TPSA) is 106 Å². The van der Waals surface area contributed by atoms with Gasteiger partial charge in [-0.3, -0.25) is 9.69 Å². The monoisotopic (exact) mass is 345 g/mol. The highest BCUT2D eigenvalue weighted by Gasteiger charge is 2.25. The van der Waals surface area contributed by atoms with Gasteiger partial charge in [0.2, 0.25) is 15.9 Å². The first kappa shape index (κ1) is 17.9. The third-order valence-corrected chi connectivity index (χ3v) is 5.07. The highest BCUT2D eigenvalue weighted by molar-refractivity contribution is 7.88. The van der Waals surface area contributed by atoms with Crippen LogP contribution in [0.5, 0.6) is 0 Å². The lowest BCUT2D eigenvalue weighted by molar-refractivity contribution is -0.121. The summed E-state index contributed by atoms with van der Waals surface area (Å²) in [6, 6.07) is 3.52. The van der Waals surface area contributed by atoms with Gasteiger partial charge < -0.3 is 14.9 Å². The Kier molecular flexibility index (Phi) is 5.79. The number of hydrogen-bond acceptors (Lipinski definition) is 6. The maximum Gasteiger partial charge on any atom is 0.219 e. The second-order valence-electron chi connectivity index (χ2n) is 5.76. The summed E-state index contributed by atoms with van der Waals surface area (Å²) in [6.45, 7) is 2.47. The van der Waals surface area contributed by atoms with Gasteiger partial charge in [0.25, 0.3) is 0 Å². The summed E-state index contributed by atoms with van der Waals surface area (Å²) >= 11 is 0. The average molecular weight is 345 g/mol. The van der Waals surface area contributed by atoms with Crippen LogP contribution in [-0.2, 0) is 32.6 Å². The normalized spacial score (nSPS) is 20.0. The molecule has 0 aliphatic carbocycles. The summed E-state index contributed by atoms with van der Waals surface area (Å²) in [5.74, 6) is 0.936. The van der Waals surface area contributed by atoms with Gasteiger partial charge in [-0.1, -0.05) is 0 Å². The molecule has 2 heterocycles. The van der Waals surface area contributed by atoms with Crippen LogP contribution in [0.3, 0.4) is 0 Å².